The molecule has 0 spiro atoms. The van der Waals surface area contributed by atoms with Gasteiger partial charge in [0.15, 0.2) is 11.5 Å². The molecule has 0 fully saturated rings. The normalized spacial score (nSPS) is 10.7. The van der Waals surface area contributed by atoms with Crippen molar-refractivity contribution in [1.29, 1.82) is 0 Å². The number of aliphatic imine (C=N–C) groups is 1. The maximum Gasteiger partial charge on any atom is 0.359 e. The molecule has 0 aliphatic rings. The number of imidazole rings is 1. The lowest BCUT2D eigenvalue weighted by Crippen LogP contribution is -2.11. The predicted octanol–water partition coefficient (Wildman–Crippen LogP) is 1.89. The molecule has 116 valence electrons. The van der Waals surface area contributed by atoms with Crippen molar-refractivity contribution in [3.05, 3.63) is 36.3 Å². The van der Waals surface area contributed by atoms with Crippen LogP contribution in [0.4, 0.5) is 5.82 Å². The Morgan fingerprint density at radius 1 is 1.32 bits per heavy atom. The van der Waals surface area contributed by atoms with Gasteiger partial charge in [-0.2, -0.15) is 0 Å². The van der Waals surface area contributed by atoms with Gasteiger partial charge >= 0.3 is 5.97 Å². The number of aromatic nitrogens is 2. The van der Waals surface area contributed by atoms with Crippen LogP contribution >= 0.6 is 0 Å². The molecule has 0 aliphatic heterocycles. The second kappa shape index (κ2) is 6.75. The molecule has 1 aromatic carbocycles. The van der Waals surface area contributed by atoms with Gasteiger partial charge < -0.3 is 14.4 Å². The van der Waals surface area contributed by atoms with Crippen molar-refractivity contribution in [2.45, 2.75) is 0 Å². The van der Waals surface area contributed by atoms with Crippen LogP contribution in [0.1, 0.15) is 10.5 Å². The molecule has 0 bridgehead atoms. The molecule has 0 N–H and O–H groups in total. The molecule has 0 atom stereocenters. The minimum Gasteiger partial charge on any atom is -0.495 e. The van der Waals surface area contributed by atoms with Crippen LogP contribution in [0.2, 0.25) is 0 Å². The fraction of sp³-hybridized carbons (Fsp3) is 0.267. The number of hydrogen-bond acceptors (Lipinski definition) is 5. The number of hydrogen-bond donors (Lipinski definition) is 0. The van der Waals surface area contributed by atoms with E-state index in [1.807, 2.05) is 32.3 Å². The van der Waals surface area contributed by atoms with Crippen LogP contribution in [0.5, 0.6) is 5.75 Å². The van der Waals surface area contributed by atoms with Crippen molar-refractivity contribution in [1.82, 2.24) is 14.5 Å². The van der Waals surface area contributed by atoms with Crippen LogP contribution in [0.3, 0.4) is 0 Å². The third-order valence-corrected chi connectivity index (χ3v) is 2.88. The summed E-state index contributed by atoms with van der Waals surface area (Å²) in [5.41, 5.74) is 0.925. The highest BCUT2D eigenvalue weighted by molar-refractivity contribution is 5.93. The van der Waals surface area contributed by atoms with Crippen molar-refractivity contribution in [2.75, 3.05) is 28.3 Å². The zero-order valence-electron chi connectivity index (χ0n) is 13.0. The maximum atomic E-state index is 12.1. The molecule has 0 radical (unpaired) electrons. The molecule has 7 heteroatoms. The second-order valence-corrected chi connectivity index (χ2v) is 4.66. The summed E-state index contributed by atoms with van der Waals surface area (Å²) in [5.74, 6) is 0.383. The van der Waals surface area contributed by atoms with Gasteiger partial charge in [0, 0.05) is 14.1 Å². The minimum atomic E-state index is -0.519. The molecule has 0 unspecified atom stereocenters. The Labute approximate surface area is 128 Å². The monoisotopic (exact) mass is 302 g/mol. The highest BCUT2D eigenvalue weighted by atomic mass is 16.5. The SMILES string of the molecule is COC(=O)c1c(/N=C/N(C)C)ncn1-c1ccccc1OC. The van der Waals surface area contributed by atoms with Crippen LogP contribution in [0, 0.1) is 0 Å². The van der Waals surface area contributed by atoms with Crippen LogP contribution in [0.15, 0.2) is 35.6 Å². The average molecular weight is 302 g/mol. The molecule has 2 aromatic rings. The first-order valence-corrected chi connectivity index (χ1v) is 6.58. The highest BCUT2D eigenvalue weighted by Gasteiger charge is 2.21. The first kappa shape index (κ1) is 15.6. The molecular weight excluding hydrogens is 284 g/mol. The molecule has 0 saturated carbocycles. The van der Waals surface area contributed by atoms with Crippen molar-refractivity contribution in [3.8, 4) is 11.4 Å². The maximum absolute atomic E-state index is 12.1. The van der Waals surface area contributed by atoms with E-state index in [9.17, 15) is 4.79 Å². The summed E-state index contributed by atoms with van der Waals surface area (Å²) in [7, 11) is 6.55. The number of benzene rings is 1. The fourth-order valence-electron chi connectivity index (χ4n) is 1.90. The van der Waals surface area contributed by atoms with Crippen LogP contribution < -0.4 is 4.74 Å². The smallest absolute Gasteiger partial charge is 0.359 e. The van der Waals surface area contributed by atoms with Crippen molar-refractivity contribution in [2.24, 2.45) is 4.99 Å². The van der Waals surface area contributed by atoms with Crippen LogP contribution in [-0.2, 0) is 4.74 Å². The number of carbonyl (C=O) groups excluding carboxylic acids is 1. The molecule has 0 amide bonds. The Morgan fingerprint density at radius 3 is 2.68 bits per heavy atom. The number of carbonyl (C=O) groups is 1. The Bertz CT molecular complexity index is 692. The van der Waals surface area contributed by atoms with Crippen LogP contribution in [0.25, 0.3) is 5.69 Å². The first-order chi connectivity index (χ1) is 10.6. The summed E-state index contributed by atoms with van der Waals surface area (Å²) in [6, 6.07) is 7.33. The standard InChI is InChI=1S/C15H18N4O3/c1-18(2)9-16-14-13(15(20)22-4)19(10-17-14)11-7-5-6-8-12(11)21-3/h5-10H,1-4H3/b16-9+. The van der Waals surface area contributed by atoms with E-state index < -0.39 is 5.97 Å². The van der Waals surface area contributed by atoms with E-state index in [1.54, 1.807) is 29.0 Å². The van der Waals surface area contributed by atoms with Gasteiger partial charge in [-0.1, -0.05) is 12.1 Å². The number of esters is 1. The lowest BCUT2D eigenvalue weighted by Gasteiger charge is -2.11. The number of nitrogens with zero attached hydrogens (tertiary/aromatic N) is 4. The minimum absolute atomic E-state index is 0.241. The number of methoxy groups -OCH3 is 2. The van der Waals surface area contributed by atoms with Crippen molar-refractivity contribution >= 4 is 18.1 Å². The summed E-state index contributed by atoms with van der Waals surface area (Å²) in [6.07, 6.45) is 3.09. The molecular formula is C15H18N4O3. The number of rotatable bonds is 5. The summed E-state index contributed by atoms with van der Waals surface area (Å²) < 4.78 is 11.8. The van der Waals surface area contributed by atoms with Gasteiger partial charge in [-0.05, 0) is 12.1 Å². The summed E-state index contributed by atoms with van der Waals surface area (Å²) in [4.78, 5) is 22.3. The zero-order chi connectivity index (χ0) is 16.1. The van der Waals surface area contributed by atoms with Gasteiger partial charge in [0.05, 0.1) is 26.2 Å². The second-order valence-electron chi connectivity index (χ2n) is 4.66. The summed E-state index contributed by atoms with van der Waals surface area (Å²) in [5, 5.41) is 0. The average Bonchev–Trinajstić information content (AvgIpc) is 2.95. The lowest BCUT2D eigenvalue weighted by atomic mass is 10.2. The van der Waals surface area contributed by atoms with Gasteiger partial charge in [0.1, 0.15) is 12.1 Å². The zero-order valence-corrected chi connectivity index (χ0v) is 13.0. The van der Waals surface area contributed by atoms with Gasteiger partial charge in [0.2, 0.25) is 0 Å². The predicted molar refractivity (Wildman–Crippen MR) is 83.3 cm³/mol. The van der Waals surface area contributed by atoms with E-state index in [-0.39, 0.29) is 11.5 Å². The first-order valence-electron chi connectivity index (χ1n) is 6.58. The number of ether oxygens (including phenoxy) is 2. The molecule has 22 heavy (non-hydrogen) atoms. The van der Waals surface area contributed by atoms with Gasteiger partial charge in [0.25, 0.3) is 0 Å². The quantitative estimate of drug-likeness (QED) is 0.479. The van der Waals surface area contributed by atoms with E-state index in [2.05, 4.69) is 9.98 Å². The Balaban J connectivity index is 2.59. The lowest BCUT2D eigenvalue weighted by molar-refractivity contribution is 0.0592. The van der Waals surface area contributed by atoms with E-state index in [0.29, 0.717) is 11.4 Å². The fourth-order valence-corrected chi connectivity index (χ4v) is 1.90. The van der Waals surface area contributed by atoms with Crippen molar-refractivity contribution in [3.63, 3.8) is 0 Å². The molecule has 1 aromatic heterocycles. The highest BCUT2D eigenvalue weighted by Crippen LogP contribution is 2.27. The largest absolute Gasteiger partial charge is 0.495 e. The van der Waals surface area contributed by atoms with E-state index >= 15 is 0 Å². The topological polar surface area (TPSA) is 69.0 Å². The van der Waals surface area contributed by atoms with Gasteiger partial charge in [-0.15, -0.1) is 0 Å². The Kier molecular flexibility index (Phi) is 4.77. The van der Waals surface area contributed by atoms with Gasteiger partial charge in [-0.25, -0.2) is 14.8 Å². The third kappa shape index (κ3) is 3.08. The Hall–Kier alpha value is -2.83. The Morgan fingerprint density at radius 2 is 2.05 bits per heavy atom. The molecule has 0 aliphatic carbocycles. The molecule has 0 saturated heterocycles. The summed E-state index contributed by atoms with van der Waals surface area (Å²) >= 11 is 0. The van der Waals surface area contributed by atoms with Crippen LogP contribution in [-0.4, -0.2) is 55.1 Å². The summed E-state index contributed by atoms with van der Waals surface area (Å²) in [6.45, 7) is 0. The third-order valence-electron chi connectivity index (χ3n) is 2.88. The van der Waals surface area contributed by atoms with Gasteiger partial charge in [-0.3, -0.25) is 4.57 Å². The van der Waals surface area contributed by atoms with E-state index in [4.69, 9.17) is 9.47 Å². The molecule has 1 heterocycles. The van der Waals surface area contributed by atoms with Crippen molar-refractivity contribution < 1.29 is 14.3 Å². The molecule has 2 rings (SSSR count). The molecule has 7 nitrogen and oxygen atoms in total. The van der Waals surface area contributed by atoms with E-state index in [1.165, 1.54) is 13.4 Å². The van der Waals surface area contributed by atoms with E-state index in [0.717, 1.165) is 0 Å². The number of para-hydroxylation sites is 2.